The average Bonchev–Trinajstić information content (AvgIpc) is 2.80. The fourth-order valence-electron chi connectivity index (χ4n) is 4.84. The zero-order valence-electron chi connectivity index (χ0n) is 15.5. The van der Waals surface area contributed by atoms with Crippen LogP contribution in [0.15, 0.2) is 30.3 Å². The van der Waals surface area contributed by atoms with Crippen molar-refractivity contribution >= 4 is 21.9 Å². The SMILES string of the molecule is CC(CBr)[N+]1(C)[C@@H]2CC[C@H]1CC(OC(=O)C(CO)c1ccccc1)C2.[Br-]. The summed E-state index contributed by atoms with van der Waals surface area (Å²) in [5.74, 6) is -0.870. The molecule has 146 valence electrons. The normalized spacial score (nSPS) is 32.4. The Bertz CT molecular complexity index is 584. The van der Waals surface area contributed by atoms with Crippen LogP contribution in [0.1, 0.15) is 44.1 Å². The maximum absolute atomic E-state index is 12.6. The first-order valence-corrected chi connectivity index (χ1v) is 10.4. The number of rotatable bonds is 6. The van der Waals surface area contributed by atoms with E-state index in [0.29, 0.717) is 18.1 Å². The van der Waals surface area contributed by atoms with Crippen molar-refractivity contribution in [2.75, 3.05) is 19.0 Å². The molecule has 2 heterocycles. The zero-order valence-corrected chi connectivity index (χ0v) is 18.7. The third-order valence-corrected chi connectivity index (χ3v) is 7.54. The summed E-state index contributed by atoms with van der Waals surface area (Å²) < 4.78 is 6.96. The molecule has 6 heteroatoms. The molecule has 0 aliphatic carbocycles. The highest BCUT2D eigenvalue weighted by Crippen LogP contribution is 2.44. The quantitative estimate of drug-likeness (QED) is 0.353. The van der Waals surface area contributed by atoms with E-state index in [0.717, 1.165) is 28.2 Å². The van der Waals surface area contributed by atoms with Gasteiger partial charge in [-0.15, -0.1) is 0 Å². The molecule has 26 heavy (non-hydrogen) atoms. The number of halogens is 2. The first kappa shape index (κ1) is 21.9. The average molecular weight is 491 g/mol. The topological polar surface area (TPSA) is 46.5 Å². The van der Waals surface area contributed by atoms with E-state index in [1.165, 1.54) is 12.8 Å². The van der Waals surface area contributed by atoms with Crippen molar-refractivity contribution in [3.8, 4) is 0 Å². The minimum absolute atomic E-state index is 0. The molecule has 0 amide bonds. The van der Waals surface area contributed by atoms with Crippen LogP contribution >= 0.6 is 15.9 Å². The second-order valence-corrected chi connectivity index (χ2v) is 8.43. The molecule has 2 bridgehead atoms. The third-order valence-electron chi connectivity index (χ3n) is 6.60. The largest absolute Gasteiger partial charge is 1.00 e. The Morgan fingerprint density at radius 2 is 1.85 bits per heavy atom. The number of fused-ring (bicyclic) bond motifs is 2. The Morgan fingerprint density at radius 1 is 1.27 bits per heavy atom. The molecule has 2 fully saturated rings. The van der Waals surface area contributed by atoms with Gasteiger partial charge in [-0.1, -0.05) is 46.3 Å². The summed E-state index contributed by atoms with van der Waals surface area (Å²) in [6.45, 7) is 2.10. The molecule has 2 aliphatic heterocycles. The van der Waals surface area contributed by atoms with Crippen LogP contribution in [-0.4, -0.2) is 58.8 Å². The lowest BCUT2D eigenvalue weighted by atomic mass is 9.94. The number of alkyl halides is 1. The molecule has 2 saturated heterocycles. The van der Waals surface area contributed by atoms with Crippen LogP contribution in [0, 0.1) is 0 Å². The maximum Gasteiger partial charge on any atom is 0.316 e. The molecular formula is C20H29Br2NO3. The predicted molar refractivity (Wildman–Crippen MR) is 102 cm³/mol. The molecule has 4 unspecified atom stereocenters. The van der Waals surface area contributed by atoms with Gasteiger partial charge in [-0.25, -0.2) is 0 Å². The molecule has 0 radical (unpaired) electrons. The molecular weight excluding hydrogens is 462 g/mol. The number of aliphatic hydroxyl groups is 1. The molecule has 6 atom stereocenters. The molecule has 1 aromatic rings. The molecule has 0 saturated carbocycles. The number of piperidine rings is 1. The van der Waals surface area contributed by atoms with Crippen LogP contribution in [0.2, 0.25) is 0 Å². The van der Waals surface area contributed by atoms with E-state index in [-0.39, 0.29) is 35.7 Å². The summed E-state index contributed by atoms with van der Waals surface area (Å²) in [5, 5.41) is 10.7. The van der Waals surface area contributed by atoms with Crippen LogP contribution < -0.4 is 17.0 Å². The van der Waals surface area contributed by atoms with E-state index in [2.05, 4.69) is 29.9 Å². The monoisotopic (exact) mass is 489 g/mol. The van der Waals surface area contributed by atoms with E-state index in [4.69, 9.17) is 4.74 Å². The van der Waals surface area contributed by atoms with E-state index in [1.54, 1.807) is 0 Å². The lowest BCUT2D eigenvalue weighted by Gasteiger charge is -2.50. The first-order chi connectivity index (χ1) is 12.0. The number of quaternary nitrogens is 1. The van der Waals surface area contributed by atoms with Crippen molar-refractivity contribution in [1.82, 2.24) is 0 Å². The van der Waals surface area contributed by atoms with Gasteiger partial charge in [-0.3, -0.25) is 4.79 Å². The van der Waals surface area contributed by atoms with Crippen LogP contribution in [-0.2, 0) is 9.53 Å². The zero-order chi connectivity index (χ0) is 18.0. The summed E-state index contributed by atoms with van der Waals surface area (Å²) in [7, 11) is 2.37. The van der Waals surface area contributed by atoms with Crippen molar-refractivity contribution < 1.29 is 36.1 Å². The summed E-state index contributed by atoms with van der Waals surface area (Å²) in [4.78, 5) is 12.6. The number of aliphatic hydroxyl groups excluding tert-OH is 1. The first-order valence-electron chi connectivity index (χ1n) is 9.28. The maximum atomic E-state index is 12.6. The van der Waals surface area contributed by atoms with Crippen molar-refractivity contribution in [1.29, 1.82) is 0 Å². The van der Waals surface area contributed by atoms with Gasteiger partial charge in [0.05, 0.1) is 37.1 Å². The van der Waals surface area contributed by atoms with E-state index in [9.17, 15) is 9.90 Å². The van der Waals surface area contributed by atoms with Gasteiger partial charge in [0.25, 0.3) is 0 Å². The second-order valence-electron chi connectivity index (χ2n) is 7.79. The highest BCUT2D eigenvalue weighted by Gasteiger charge is 2.54. The number of carbonyl (C=O) groups is 1. The number of benzene rings is 1. The van der Waals surface area contributed by atoms with Crippen molar-refractivity contribution in [3.63, 3.8) is 0 Å². The Kier molecular flexibility index (Phi) is 7.72. The van der Waals surface area contributed by atoms with E-state index in [1.807, 2.05) is 30.3 Å². The molecule has 4 nitrogen and oxygen atoms in total. The summed E-state index contributed by atoms with van der Waals surface area (Å²) in [6, 6.07) is 11.1. The van der Waals surface area contributed by atoms with Crippen molar-refractivity contribution in [2.45, 2.75) is 62.8 Å². The lowest BCUT2D eigenvalue weighted by molar-refractivity contribution is -0.967. The molecule has 1 aromatic carbocycles. The molecule has 1 N–H and O–H groups in total. The van der Waals surface area contributed by atoms with Crippen LogP contribution in [0.4, 0.5) is 0 Å². The summed E-state index contributed by atoms with van der Waals surface area (Å²) in [6.07, 6.45) is 4.28. The highest BCUT2D eigenvalue weighted by atomic mass is 79.9. The van der Waals surface area contributed by atoms with Gasteiger partial charge in [-0.2, -0.15) is 0 Å². The Morgan fingerprint density at radius 3 is 2.35 bits per heavy atom. The van der Waals surface area contributed by atoms with Crippen molar-refractivity contribution in [3.05, 3.63) is 35.9 Å². The molecule has 0 aromatic heterocycles. The third kappa shape index (κ3) is 4.03. The van der Waals surface area contributed by atoms with Gasteiger partial charge >= 0.3 is 5.97 Å². The smallest absolute Gasteiger partial charge is 0.316 e. The van der Waals surface area contributed by atoms with Gasteiger partial charge < -0.3 is 31.3 Å². The Balaban J connectivity index is 0.00000243. The van der Waals surface area contributed by atoms with Crippen molar-refractivity contribution in [2.24, 2.45) is 0 Å². The van der Waals surface area contributed by atoms with Gasteiger partial charge in [0.15, 0.2) is 0 Å². The fourth-order valence-corrected chi connectivity index (χ4v) is 5.47. The van der Waals surface area contributed by atoms with Gasteiger partial charge in [0.2, 0.25) is 0 Å². The Labute approximate surface area is 175 Å². The highest BCUT2D eigenvalue weighted by molar-refractivity contribution is 9.09. The molecule has 2 aliphatic rings. The fraction of sp³-hybridized carbons (Fsp3) is 0.650. The molecule has 0 spiro atoms. The number of carbonyl (C=O) groups excluding carboxylic acids is 1. The van der Waals surface area contributed by atoms with E-state index < -0.39 is 5.92 Å². The minimum Gasteiger partial charge on any atom is -1.00 e. The Hall–Kier alpha value is -0.430. The van der Waals surface area contributed by atoms with Gasteiger partial charge in [-0.05, 0) is 12.5 Å². The van der Waals surface area contributed by atoms with Gasteiger partial charge in [0.1, 0.15) is 12.0 Å². The number of nitrogens with zero attached hydrogens (tertiary/aromatic N) is 1. The van der Waals surface area contributed by atoms with Crippen LogP contribution in [0.25, 0.3) is 0 Å². The standard InChI is InChI=1S/C20H29BrNO3.BrH/c1-14(12-21)22(2)16-8-9-17(22)11-18(10-16)25-20(24)19(13-23)15-6-4-3-5-7-15;/h3-7,14,16-19,23H,8-13H2,1-2H3;1H/q+1;/p-1/t14?,16-,17+,18?,19?,22?;. The number of esters is 1. The lowest BCUT2D eigenvalue weighted by Crippen LogP contribution is -3.00. The number of hydrogen-bond acceptors (Lipinski definition) is 3. The predicted octanol–water partition coefficient (Wildman–Crippen LogP) is 0.233. The van der Waals surface area contributed by atoms with E-state index >= 15 is 0 Å². The summed E-state index contributed by atoms with van der Waals surface area (Å²) >= 11 is 3.65. The number of ether oxygens (including phenoxy) is 1. The molecule has 3 rings (SSSR count). The minimum atomic E-state index is -0.580. The number of hydrogen-bond donors (Lipinski definition) is 1. The van der Waals surface area contributed by atoms with Gasteiger partial charge in [0, 0.05) is 25.7 Å². The van der Waals surface area contributed by atoms with Crippen LogP contribution in [0.3, 0.4) is 0 Å². The summed E-state index contributed by atoms with van der Waals surface area (Å²) in [5.41, 5.74) is 0.822. The second kappa shape index (κ2) is 9.18. The van der Waals surface area contributed by atoms with Crippen LogP contribution in [0.5, 0.6) is 0 Å².